The number of anilines is 4. The van der Waals surface area contributed by atoms with Crippen molar-refractivity contribution >= 4 is 39.6 Å². The average molecular weight is 424 g/mol. The van der Waals surface area contributed by atoms with Crippen molar-refractivity contribution < 1.29 is 4.79 Å². The van der Waals surface area contributed by atoms with Crippen LogP contribution in [-0.2, 0) is 5.41 Å². The van der Waals surface area contributed by atoms with Crippen molar-refractivity contribution in [1.82, 2.24) is 9.97 Å². The van der Waals surface area contributed by atoms with Gasteiger partial charge in [0.2, 0.25) is 0 Å². The Kier molecular flexibility index (Phi) is 4.98. The summed E-state index contributed by atoms with van der Waals surface area (Å²) in [5.74, 6) is 0.295. The molecular formula is C26H25N5O. The SMILES string of the molecule is CC1(C)CCNc2cc(NC(=O)c3cccnc3Nc3ccc4ccncc4c3)ccc21. The van der Waals surface area contributed by atoms with Gasteiger partial charge in [-0.05, 0) is 65.3 Å². The predicted molar refractivity (Wildman–Crippen MR) is 130 cm³/mol. The van der Waals surface area contributed by atoms with Crippen molar-refractivity contribution in [2.45, 2.75) is 25.7 Å². The molecule has 2 aromatic heterocycles. The molecule has 160 valence electrons. The molecule has 1 aliphatic rings. The normalized spacial score (nSPS) is 14.3. The molecule has 0 spiro atoms. The zero-order valence-corrected chi connectivity index (χ0v) is 18.1. The first kappa shape index (κ1) is 20.0. The molecular weight excluding hydrogens is 398 g/mol. The number of carbonyl (C=O) groups excluding carboxylic acids is 1. The Morgan fingerprint density at radius 3 is 2.78 bits per heavy atom. The second-order valence-electron chi connectivity index (χ2n) is 8.74. The van der Waals surface area contributed by atoms with Gasteiger partial charge in [-0.2, -0.15) is 0 Å². The third kappa shape index (κ3) is 3.87. The minimum absolute atomic E-state index is 0.124. The smallest absolute Gasteiger partial charge is 0.259 e. The highest BCUT2D eigenvalue weighted by molar-refractivity contribution is 6.08. The number of hydrogen-bond donors (Lipinski definition) is 3. The van der Waals surface area contributed by atoms with Gasteiger partial charge >= 0.3 is 0 Å². The number of nitrogens with zero attached hydrogens (tertiary/aromatic N) is 2. The molecule has 0 atom stereocenters. The van der Waals surface area contributed by atoms with E-state index in [-0.39, 0.29) is 11.3 Å². The number of nitrogens with one attached hydrogen (secondary N) is 3. The molecule has 3 heterocycles. The van der Waals surface area contributed by atoms with Crippen molar-refractivity contribution in [2.75, 3.05) is 22.5 Å². The number of aromatic nitrogens is 2. The maximum atomic E-state index is 13.1. The minimum atomic E-state index is -0.210. The molecule has 0 unspecified atom stereocenters. The number of fused-ring (bicyclic) bond motifs is 2. The summed E-state index contributed by atoms with van der Waals surface area (Å²) in [6.07, 6.45) is 6.35. The molecule has 1 amide bonds. The fourth-order valence-electron chi connectivity index (χ4n) is 4.19. The van der Waals surface area contributed by atoms with Crippen LogP contribution in [0, 0.1) is 0 Å². The van der Waals surface area contributed by atoms with Gasteiger partial charge in [0.25, 0.3) is 5.91 Å². The molecule has 6 heteroatoms. The van der Waals surface area contributed by atoms with Crippen LogP contribution in [0.25, 0.3) is 10.8 Å². The molecule has 0 bridgehead atoms. The molecule has 0 saturated carbocycles. The van der Waals surface area contributed by atoms with E-state index < -0.39 is 0 Å². The number of amides is 1. The van der Waals surface area contributed by atoms with E-state index in [2.05, 4.69) is 45.8 Å². The highest BCUT2D eigenvalue weighted by Crippen LogP contribution is 2.38. The van der Waals surface area contributed by atoms with Gasteiger partial charge < -0.3 is 16.0 Å². The van der Waals surface area contributed by atoms with Crippen molar-refractivity contribution in [3.63, 3.8) is 0 Å². The summed E-state index contributed by atoms with van der Waals surface area (Å²) in [4.78, 5) is 21.7. The summed E-state index contributed by atoms with van der Waals surface area (Å²) in [6.45, 7) is 5.43. The maximum absolute atomic E-state index is 13.1. The fraction of sp³-hybridized carbons (Fsp3) is 0.192. The second kappa shape index (κ2) is 7.96. The van der Waals surface area contributed by atoms with Crippen LogP contribution in [0.3, 0.4) is 0 Å². The van der Waals surface area contributed by atoms with Gasteiger partial charge in [-0.25, -0.2) is 4.98 Å². The van der Waals surface area contributed by atoms with Gasteiger partial charge in [0.15, 0.2) is 0 Å². The standard InChI is InChI=1S/C26H25N5O/c1-26(2)10-13-28-23-15-20(7-8-22(23)26)31-25(32)21-4-3-11-29-24(21)30-19-6-5-17-9-12-27-16-18(17)14-19/h3-9,11-12,14-16,28H,10,13H2,1-2H3,(H,29,30)(H,31,32). The van der Waals surface area contributed by atoms with Crippen LogP contribution in [0.5, 0.6) is 0 Å². The Morgan fingerprint density at radius 1 is 1.00 bits per heavy atom. The minimum Gasteiger partial charge on any atom is -0.385 e. The van der Waals surface area contributed by atoms with E-state index in [1.807, 2.05) is 42.6 Å². The Labute approximate surface area is 187 Å². The third-order valence-electron chi connectivity index (χ3n) is 6.03. The maximum Gasteiger partial charge on any atom is 0.259 e. The number of benzene rings is 2. The summed E-state index contributed by atoms with van der Waals surface area (Å²) in [5.41, 5.74) is 4.55. The summed E-state index contributed by atoms with van der Waals surface area (Å²) in [6, 6.07) is 17.6. The first-order valence-corrected chi connectivity index (χ1v) is 10.8. The van der Waals surface area contributed by atoms with Crippen molar-refractivity contribution in [1.29, 1.82) is 0 Å². The number of pyridine rings is 2. The van der Waals surface area contributed by atoms with E-state index in [1.54, 1.807) is 24.5 Å². The van der Waals surface area contributed by atoms with Gasteiger partial charge in [-0.15, -0.1) is 0 Å². The zero-order chi connectivity index (χ0) is 22.1. The molecule has 0 saturated heterocycles. The van der Waals surface area contributed by atoms with E-state index in [0.29, 0.717) is 11.4 Å². The Bertz CT molecular complexity index is 1310. The molecule has 0 fully saturated rings. The number of hydrogen-bond acceptors (Lipinski definition) is 5. The number of carbonyl (C=O) groups is 1. The lowest BCUT2D eigenvalue weighted by Gasteiger charge is -2.33. The summed E-state index contributed by atoms with van der Waals surface area (Å²) in [7, 11) is 0. The fourth-order valence-corrected chi connectivity index (χ4v) is 4.19. The van der Waals surface area contributed by atoms with Crippen LogP contribution in [0.2, 0.25) is 0 Å². The van der Waals surface area contributed by atoms with Crippen LogP contribution in [0.1, 0.15) is 36.2 Å². The van der Waals surface area contributed by atoms with Gasteiger partial charge in [0.05, 0.1) is 5.56 Å². The lowest BCUT2D eigenvalue weighted by atomic mass is 9.78. The summed E-state index contributed by atoms with van der Waals surface area (Å²) >= 11 is 0. The van der Waals surface area contributed by atoms with Gasteiger partial charge in [-0.1, -0.05) is 26.0 Å². The predicted octanol–water partition coefficient (Wildman–Crippen LogP) is 5.72. The monoisotopic (exact) mass is 423 g/mol. The Hall–Kier alpha value is -3.93. The third-order valence-corrected chi connectivity index (χ3v) is 6.03. The van der Waals surface area contributed by atoms with Gasteiger partial charge in [-0.3, -0.25) is 9.78 Å². The largest absolute Gasteiger partial charge is 0.385 e. The van der Waals surface area contributed by atoms with Gasteiger partial charge in [0.1, 0.15) is 5.82 Å². The average Bonchev–Trinajstić information content (AvgIpc) is 2.79. The Morgan fingerprint density at radius 2 is 1.88 bits per heavy atom. The first-order valence-electron chi connectivity index (χ1n) is 10.8. The molecule has 5 rings (SSSR count). The molecule has 4 aromatic rings. The molecule has 0 aliphatic carbocycles. The van der Waals surface area contributed by atoms with E-state index in [4.69, 9.17) is 0 Å². The van der Waals surface area contributed by atoms with E-state index >= 15 is 0 Å². The van der Waals surface area contributed by atoms with Crippen LogP contribution >= 0.6 is 0 Å². The quantitative estimate of drug-likeness (QED) is 0.391. The lowest BCUT2D eigenvalue weighted by Crippen LogP contribution is -2.28. The lowest BCUT2D eigenvalue weighted by molar-refractivity contribution is 0.102. The van der Waals surface area contributed by atoms with Gasteiger partial charge in [0, 0.05) is 47.6 Å². The summed E-state index contributed by atoms with van der Waals surface area (Å²) in [5, 5.41) is 11.9. The molecule has 1 aliphatic heterocycles. The topological polar surface area (TPSA) is 78.9 Å². The molecule has 0 radical (unpaired) electrons. The molecule has 32 heavy (non-hydrogen) atoms. The van der Waals surface area contributed by atoms with Crippen molar-refractivity contribution in [3.05, 3.63) is 84.3 Å². The van der Waals surface area contributed by atoms with Crippen molar-refractivity contribution in [2.24, 2.45) is 0 Å². The number of rotatable bonds is 4. The highest BCUT2D eigenvalue weighted by Gasteiger charge is 2.27. The summed E-state index contributed by atoms with van der Waals surface area (Å²) < 4.78 is 0. The van der Waals surface area contributed by atoms with Crippen LogP contribution < -0.4 is 16.0 Å². The van der Waals surface area contributed by atoms with E-state index in [9.17, 15) is 4.79 Å². The van der Waals surface area contributed by atoms with Crippen LogP contribution in [-0.4, -0.2) is 22.4 Å². The van der Waals surface area contributed by atoms with E-state index in [1.165, 1.54) is 5.56 Å². The zero-order valence-electron chi connectivity index (χ0n) is 18.1. The molecule has 2 aromatic carbocycles. The molecule has 6 nitrogen and oxygen atoms in total. The molecule has 3 N–H and O–H groups in total. The first-order chi connectivity index (χ1) is 15.5. The van der Waals surface area contributed by atoms with E-state index in [0.717, 1.165) is 40.8 Å². The van der Waals surface area contributed by atoms with Crippen LogP contribution in [0.4, 0.5) is 22.9 Å². The second-order valence-corrected chi connectivity index (χ2v) is 8.74. The van der Waals surface area contributed by atoms with Crippen molar-refractivity contribution in [3.8, 4) is 0 Å². The highest BCUT2D eigenvalue weighted by atomic mass is 16.1. The van der Waals surface area contributed by atoms with Crippen LogP contribution in [0.15, 0.2) is 73.2 Å². The Balaban J connectivity index is 1.39.